The first-order valence-corrected chi connectivity index (χ1v) is 9.93. The van der Waals surface area contributed by atoms with Gasteiger partial charge in [-0.05, 0) is 17.7 Å². The zero-order valence-corrected chi connectivity index (χ0v) is 15.8. The van der Waals surface area contributed by atoms with Crippen LogP contribution in [-0.2, 0) is 13.1 Å². The molecule has 1 saturated heterocycles. The normalized spacial score (nSPS) is 15.0. The van der Waals surface area contributed by atoms with Crippen LogP contribution in [0.1, 0.15) is 10.6 Å². The third-order valence-corrected chi connectivity index (χ3v) is 5.46. The highest BCUT2D eigenvalue weighted by Crippen LogP contribution is 2.23. The molecule has 0 aliphatic carbocycles. The summed E-state index contributed by atoms with van der Waals surface area (Å²) in [5.41, 5.74) is 2.00. The average molecular weight is 382 g/mol. The summed E-state index contributed by atoms with van der Waals surface area (Å²) >= 11 is 1.65. The highest BCUT2D eigenvalue weighted by atomic mass is 32.1. The molecule has 0 unspecified atom stereocenters. The summed E-state index contributed by atoms with van der Waals surface area (Å²) in [6.45, 7) is 4.55. The van der Waals surface area contributed by atoms with Crippen molar-refractivity contribution in [2.75, 3.05) is 26.2 Å². The molecular weight excluding hydrogens is 360 g/mol. The van der Waals surface area contributed by atoms with E-state index in [0.717, 1.165) is 54.7 Å². The molecular formula is C20H22N4O2S. The molecule has 6 nitrogen and oxygen atoms in total. The molecule has 0 spiro atoms. The number of hydrogen-bond donors (Lipinski definition) is 1. The SMILES string of the molecule is O=C(NCc1ccccc1)N1CCN(Cc2nc(-c3ccco3)cs2)CC1. The quantitative estimate of drug-likeness (QED) is 0.734. The van der Waals surface area contributed by atoms with Gasteiger partial charge in [0, 0.05) is 38.1 Å². The topological polar surface area (TPSA) is 61.6 Å². The molecule has 1 aliphatic rings. The smallest absolute Gasteiger partial charge is 0.317 e. The van der Waals surface area contributed by atoms with Gasteiger partial charge in [0.05, 0.1) is 12.8 Å². The Morgan fingerprint density at radius 3 is 2.67 bits per heavy atom. The van der Waals surface area contributed by atoms with Crippen molar-refractivity contribution in [3.8, 4) is 11.5 Å². The van der Waals surface area contributed by atoms with E-state index < -0.39 is 0 Å². The minimum absolute atomic E-state index is 0.00728. The van der Waals surface area contributed by atoms with Gasteiger partial charge >= 0.3 is 6.03 Å². The van der Waals surface area contributed by atoms with Gasteiger partial charge in [-0.2, -0.15) is 0 Å². The Morgan fingerprint density at radius 1 is 1.11 bits per heavy atom. The zero-order chi connectivity index (χ0) is 18.5. The van der Waals surface area contributed by atoms with Crippen molar-refractivity contribution in [2.24, 2.45) is 0 Å². The molecule has 2 amide bonds. The van der Waals surface area contributed by atoms with E-state index in [4.69, 9.17) is 4.42 Å². The summed E-state index contributed by atoms with van der Waals surface area (Å²) in [6.07, 6.45) is 1.66. The maximum absolute atomic E-state index is 12.3. The van der Waals surface area contributed by atoms with Crippen LogP contribution in [0.25, 0.3) is 11.5 Å². The van der Waals surface area contributed by atoms with Crippen LogP contribution in [-0.4, -0.2) is 47.0 Å². The van der Waals surface area contributed by atoms with Crippen molar-refractivity contribution in [1.29, 1.82) is 0 Å². The van der Waals surface area contributed by atoms with Crippen LogP contribution in [0.15, 0.2) is 58.5 Å². The fourth-order valence-corrected chi connectivity index (χ4v) is 3.93. The summed E-state index contributed by atoms with van der Waals surface area (Å²) in [6, 6.07) is 13.8. The van der Waals surface area contributed by atoms with Gasteiger partial charge in [-0.3, -0.25) is 4.90 Å². The lowest BCUT2D eigenvalue weighted by atomic mass is 10.2. The molecule has 1 aromatic carbocycles. The van der Waals surface area contributed by atoms with Gasteiger partial charge in [-0.25, -0.2) is 9.78 Å². The second kappa shape index (κ2) is 8.37. The molecule has 0 radical (unpaired) electrons. The minimum atomic E-state index is 0.00728. The Hall–Kier alpha value is -2.64. The van der Waals surface area contributed by atoms with Crippen molar-refractivity contribution >= 4 is 17.4 Å². The molecule has 2 aromatic heterocycles. The van der Waals surface area contributed by atoms with Crippen LogP contribution in [0.2, 0.25) is 0 Å². The summed E-state index contributed by atoms with van der Waals surface area (Å²) in [5.74, 6) is 0.803. The Bertz CT molecular complexity index is 855. The van der Waals surface area contributed by atoms with Crippen LogP contribution >= 0.6 is 11.3 Å². The third kappa shape index (κ3) is 4.56. The van der Waals surface area contributed by atoms with Gasteiger partial charge in [0.1, 0.15) is 10.7 Å². The largest absolute Gasteiger partial charge is 0.463 e. The van der Waals surface area contributed by atoms with Gasteiger partial charge in [0.15, 0.2) is 5.76 Å². The first-order valence-electron chi connectivity index (χ1n) is 9.05. The number of carbonyl (C=O) groups is 1. The highest BCUT2D eigenvalue weighted by molar-refractivity contribution is 7.09. The van der Waals surface area contributed by atoms with Crippen LogP contribution in [0.5, 0.6) is 0 Å². The van der Waals surface area contributed by atoms with Crippen LogP contribution in [0.3, 0.4) is 0 Å². The van der Waals surface area contributed by atoms with E-state index >= 15 is 0 Å². The van der Waals surface area contributed by atoms with Gasteiger partial charge in [0.25, 0.3) is 0 Å². The fraction of sp³-hybridized carbons (Fsp3) is 0.300. The monoisotopic (exact) mass is 382 g/mol. The lowest BCUT2D eigenvalue weighted by Crippen LogP contribution is -2.51. The molecule has 140 valence electrons. The van der Waals surface area contributed by atoms with Crippen molar-refractivity contribution in [2.45, 2.75) is 13.1 Å². The first-order chi connectivity index (χ1) is 13.3. The number of carbonyl (C=O) groups excluding carboxylic acids is 1. The number of piperazine rings is 1. The van der Waals surface area contributed by atoms with Crippen LogP contribution < -0.4 is 5.32 Å². The summed E-state index contributed by atoms with van der Waals surface area (Å²) in [7, 11) is 0. The lowest BCUT2D eigenvalue weighted by Gasteiger charge is -2.34. The molecule has 27 heavy (non-hydrogen) atoms. The van der Waals surface area contributed by atoms with E-state index in [0.29, 0.717) is 6.54 Å². The number of urea groups is 1. The van der Waals surface area contributed by atoms with E-state index in [2.05, 4.69) is 15.2 Å². The highest BCUT2D eigenvalue weighted by Gasteiger charge is 2.21. The molecule has 0 bridgehead atoms. The standard InChI is InChI=1S/C20H22N4O2S/c25-20(21-13-16-5-2-1-3-6-16)24-10-8-23(9-11-24)14-19-22-17(15-27-19)18-7-4-12-26-18/h1-7,12,15H,8-11,13-14H2,(H,21,25). The number of furan rings is 1. The second-order valence-electron chi connectivity index (χ2n) is 6.51. The molecule has 4 rings (SSSR count). The number of rotatable bonds is 5. The minimum Gasteiger partial charge on any atom is -0.463 e. The number of nitrogens with zero attached hydrogens (tertiary/aromatic N) is 3. The maximum atomic E-state index is 12.3. The average Bonchev–Trinajstić information content (AvgIpc) is 3.39. The number of amides is 2. The van der Waals surface area contributed by atoms with Crippen molar-refractivity contribution in [3.05, 3.63) is 64.7 Å². The van der Waals surface area contributed by atoms with E-state index in [-0.39, 0.29) is 6.03 Å². The van der Waals surface area contributed by atoms with Crippen LogP contribution in [0.4, 0.5) is 4.79 Å². The molecule has 1 N–H and O–H groups in total. The lowest BCUT2D eigenvalue weighted by molar-refractivity contribution is 0.135. The Balaban J connectivity index is 1.23. The van der Waals surface area contributed by atoms with E-state index in [9.17, 15) is 4.79 Å². The summed E-state index contributed by atoms with van der Waals surface area (Å²) in [5, 5.41) is 6.10. The number of thiazole rings is 1. The predicted octanol–water partition coefficient (Wildman–Crippen LogP) is 3.43. The van der Waals surface area contributed by atoms with Gasteiger partial charge in [0.2, 0.25) is 0 Å². The van der Waals surface area contributed by atoms with Crippen molar-refractivity contribution in [1.82, 2.24) is 20.1 Å². The summed E-state index contributed by atoms with van der Waals surface area (Å²) in [4.78, 5) is 21.2. The number of benzene rings is 1. The van der Waals surface area contributed by atoms with E-state index in [1.807, 2.05) is 52.7 Å². The molecule has 3 heterocycles. The van der Waals surface area contributed by atoms with Crippen molar-refractivity contribution in [3.63, 3.8) is 0 Å². The first kappa shape index (κ1) is 17.8. The number of hydrogen-bond acceptors (Lipinski definition) is 5. The molecule has 7 heteroatoms. The molecule has 0 saturated carbocycles. The Morgan fingerprint density at radius 2 is 1.93 bits per heavy atom. The molecule has 0 atom stereocenters. The third-order valence-electron chi connectivity index (χ3n) is 4.63. The van der Waals surface area contributed by atoms with E-state index in [1.54, 1.807) is 17.6 Å². The molecule has 3 aromatic rings. The van der Waals surface area contributed by atoms with Crippen molar-refractivity contribution < 1.29 is 9.21 Å². The van der Waals surface area contributed by atoms with Gasteiger partial charge in [-0.1, -0.05) is 30.3 Å². The number of aromatic nitrogens is 1. The van der Waals surface area contributed by atoms with Crippen LogP contribution in [0, 0.1) is 0 Å². The fourth-order valence-electron chi connectivity index (χ4n) is 3.11. The molecule has 1 fully saturated rings. The van der Waals surface area contributed by atoms with E-state index in [1.165, 1.54) is 0 Å². The summed E-state index contributed by atoms with van der Waals surface area (Å²) < 4.78 is 5.40. The van der Waals surface area contributed by atoms with Gasteiger partial charge in [-0.15, -0.1) is 11.3 Å². The zero-order valence-electron chi connectivity index (χ0n) is 15.0. The Labute approximate surface area is 162 Å². The molecule has 1 aliphatic heterocycles. The Kier molecular flexibility index (Phi) is 5.50. The second-order valence-corrected chi connectivity index (χ2v) is 7.45. The predicted molar refractivity (Wildman–Crippen MR) is 105 cm³/mol. The maximum Gasteiger partial charge on any atom is 0.317 e. The van der Waals surface area contributed by atoms with Gasteiger partial charge < -0.3 is 14.6 Å². The number of nitrogens with one attached hydrogen (secondary N) is 1.